The Morgan fingerprint density at radius 1 is 1.35 bits per heavy atom. The summed E-state index contributed by atoms with van der Waals surface area (Å²) in [4.78, 5) is 13.4. The van der Waals surface area contributed by atoms with Crippen molar-refractivity contribution in [3.8, 4) is 0 Å². The maximum Gasteiger partial charge on any atom is 0.149 e. The molecule has 0 aromatic carbocycles. The molecule has 3 heteroatoms. The summed E-state index contributed by atoms with van der Waals surface area (Å²) in [5.41, 5.74) is 0. The second-order valence-corrected chi connectivity index (χ2v) is 5.51. The fourth-order valence-corrected chi connectivity index (χ4v) is 2.74. The van der Waals surface area contributed by atoms with Crippen LogP contribution in [0.25, 0.3) is 0 Å². The molecule has 2 heterocycles. The lowest BCUT2D eigenvalue weighted by molar-refractivity contribution is -0.120. The first-order valence-corrected chi connectivity index (χ1v) is 6.66. The zero-order chi connectivity index (χ0) is 12.3. The fourth-order valence-electron chi connectivity index (χ4n) is 1.89. The number of rotatable bonds is 5. The highest BCUT2D eigenvalue weighted by Crippen LogP contribution is 2.31. The van der Waals surface area contributed by atoms with Crippen LogP contribution in [0.3, 0.4) is 0 Å². The van der Waals surface area contributed by atoms with E-state index in [9.17, 15) is 4.79 Å². The average Bonchev–Trinajstić information content (AvgIpc) is 2.88. The number of hydrogen-bond acceptors (Lipinski definition) is 3. The molecule has 0 radical (unpaired) electrons. The van der Waals surface area contributed by atoms with Gasteiger partial charge in [-0.25, -0.2) is 0 Å². The molecule has 0 fully saturated rings. The van der Waals surface area contributed by atoms with E-state index in [0.717, 1.165) is 10.6 Å². The van der Waals surface area contributed by atoms with Crippen LogP contribution in [0, 0.1) is 5.92 Å². The molecule has 2 aromatic rings. The lowest BCUT2D eigenvalue weighted by Crippen LogP contribution is -2.14. The van der Waals surface area contributed by atoms with Gasteiger partial charge in [-0.2, -0.15) is 0 Å². The molecule has 0 aliphatic carbocycles. The van der Waals surface area contributed by atoms with Crippen LogP contribution in [0.4, 0.5) is 0 Å². The number of furan rings is 1. The van der Waals surface area contributed by atoms with Gasteiger partial charge in [0.15, 0.2) is 0 Å². The summed E-state index contributed by atoms with van der Waals surface area (Å²) < 4.78 is 5.41. The van der Waals surface area contributed by atoms with E-state index >= 15 is 0 Å². The second kappa shape index (κ2) is 5.32. The molecule has 90 valence electrons. The minimum absolute atomic E-state index is 0.229. The van der Waals surface area contributed by atoms with Crippen molar-refractivity contribution in [2.45, 2.75) is 26.2 Å². The molecule has 2 nitrogen and oxygen atoms in total. The van der Waals surface area contributed by atoms with Crippen molar-refractivity contribution in [3.63, 3.8) is 0 Å². The van der Waals surface area contributed by atoms with Crippen LogP contribution in [0.5, 0.6) is 0 Å². The van der Waals surface area contributed by atoms with Crippen LogP contribution >= 0.6 is 11.3 Å². The highest BCUT2D eigenvalue weighted by Gasteiger charge is 2.26. The average molecular weight is 248 g/mol. The van der Waals surface area contributed by atoms with Crippen molar-refractivity contribution in [3.05, 3.63) is 46.5 Å². The lowest BCUT2D eigenvalue weighted by Gasteiger charge is -2.13. The van der Waals surface area contributed by atoms with Gasteiger partial charge in [-0.05, 0) is 29.5 Å². The van der Waals surface area contributed by atoms with Gasteiger partial charge in [0.2, 0.25) is 0 Å². The highest BCUT2D eigenvalue weighted by atomic mass is 32.1. The number of thiophene rings is 1. The summed E-state index contributed by atoms with van der Waals surface area (Å²) in [7, 11) is 0. The summed E-state index contributed by atoms with van der Waals surface area (Å²) in [5, 5.41) is 1.99. The smallest absolute Gasteiger partial charge is 0.149 e. The molecule has 2 rings (SSSR count). The number of Topliss-reactive ketones (excluding diaryl/α,β-unsaturated/α-hetero) is 1. The maximum absolute atomic E-state index is 12.3. The Kier molecular flexibility index (Phi) is 3.79. The van der Waals surface area contributed by atoms with Crippen LogP contribution in [0.2, 0.25) is 0 Å². The van der Waals surface area contributed by atoms with E-state index in [0.29, 0.717) is 12.3 Å². The molecule has 0 N–H and O–H groups in total. The summed E-state index contributed by atoms with van der Waals surface area (Å²) in [5.74, 6) is 1.13. The first-order valence-electron chi connectivity index (χ1n) is 5.78. The molecule has 1 atom stereocenters. The van der Waals surface area contributed by atoms with E-state index in [1.54, 1.807) is 17.6 Å². The normalized spacial score (nSPS) is 12.9. The molecular formula is C14H16O2S. The Balaban J connectivity index is 2.28. The van der Waals surface area contributed by atoms with E-state index in [1.165, 1.54) is 0 Å². The van der Waals surface area contributed by atoms with Gasteiger partial charge < -0.3 is 4.42 Å². The molecule has 0 saturated carbocycles. The Morgan fingerprint density at radius 2 is 2.18 bits per heavy atom. The first kappa shape index (κ1) is 12.1. The molecular weight excluding hydrogens is 232 g/mol. The molecule has 0 aliphatic heterocycles. The number of carbonyl (C=O) groups is 1. The zero-order valence-corrected chi connectivity index (χ0v) is 10.9. The molecule has 0 bridgehead atoms. The van der Waals surface area contributed by atoms with Crippen LogP contribution in [-0.2, 0) is 4.79 Å². The van der Waals surface area contributed by atoms with Gasteiger partial charge in [0.25, 0.3) is 0 Å². The first-order chi connectivity index (χ1) is 8.18. The summed E-state index contributed by atoms with van der Waals surface area (Å²) in [6.07, 6.45) is 2.21. The molecule has 0 saturated heterocycles. The summed E-state index contributed by atoms with van der Waals surface area (Å²) >= 11 is 1.60. The van der Waals surface area contributed by atoms with E-state index < -0.39 is 0 Å². The van der Waals surface area contributed by atoms with Crippen molar-refractivity contribution in [2.75, 3.05) is 0 Å². The largest absolute Gasteiger partial charge is 0.468 e. The Hall–Kier alpha value is -1.35. The molecule has 2 aromatic heterocycles. The van der Waals surface area contributed by atoms with Crippen LogP contribution in [0.1, 0.15) is 36.8 Å². The second-order valence-electron chi connectivity index (χ2n) is 4.53. The monoisotopic (exact) mass is 248 g/mol. The molecule has 1 unspecified atom stereocenters. The van der Waals surface area contributed by atoms with Crippen molar-refractivity contribution in [1.82, 2.24) is 0 Å². The maximum atomic E-state index is 12.3. The minimum atomic E-state index is -0.229. The van der Waals surface area contributed by atoms with Gasteiger partial charge in [0.05, 0.1) is 6.26 Å². The summed E-state index contributed by atoms with van der Waals surface area (Å²) in [6, 6.07) is 7.68. The molecule has 0 amide bonds. The zero-order valence-electron chi connectivity index (χ0n) is 10.1. The van der Waals surface area contributed by atoms with Gasteiger partial charge in [0, 0.05) is 11.3 Å². The van der Waals surface area contributed by atoms with Gasteiger partial charge in [-0.15, -0.1) is 11.3 Å². The van der Waals surface area contributed by atoms with Crippen molar-refractivity contribution in [1.29, 1.82) is 0 Å². The minimum Gasteiger partial charge on any atom is -0.468 e. The van der Waals surface area contributed by atoms with E-state index in [2.05, 4.69) is 13.8 Å². The quantitative estimate of drug-likeness (QED) is 0.797. The van der Waals surface area contributed by atoms with Gasteiger partial charge in [-0.3, -0.25) is 4.79 Å². The Labute approximate surface area is 105 Å². The van der Waals surface area contributed by atoms with E-state index in [4.69, 9.17) is 4.42 Å². The lowest BCUT2D eigenvalue weighted by atomic mass is 9.93. The molecule has 0 spiro atoms. The third-order valence-electron chi connectivity index (χ3n) is 2.59. The molecule has 17 heavy (non-hydrogen) atoms. The number of ketones is 1. The van der Waals surface area contributed by atoms with Gasteiger partial charge >= 0.3 is 0 Å². The topological polar surface area (TPSA) is 30.2 Å². The standard InChI is InChI=1S/C14H16O2S/c1-10(2)9-11(15)14(12-5-3-7-16-12)13-6-4-8-17-13/h3-8,10,14H,9H2,1-2H3. The van der Waals surface area contributed by atoms with Crippen molar-refractivity contribution >= 4 is 17.1 Å². The van der Waals surface area contributed by atoms with Crippen molar-refractivity contribution in [2.24, 2.45) is 5.92 Å². The van der Waals surface area contributed by atoms with Gasteiger partial charge in [-0.1, -0.05) is 19.9 Å². The fraction of sp³-hybridized carbons (Fsp3) is 0.357. The van der Waals surface area contributed by atoms with Crippen LogP contribution in [-0.4, -0.2) is 5.78 Å². The third-order valence-corrected chi connectivity index (χ3v) is 3.52. The van der Waals surface area contributed by atoms with Crippen LogP contribution in [0.15, 0.2) is 40.3 Å². The van der Waals surface area contributed by atoms with E-state index in [1.807, 2.05) is 29.6 Å². The van der Waals surface area contributed by atoms with Crippen molar-refractivity contribution < 1.29 is 9.21 Å². The predicted octanol–water partition coefficient (Wildman–Crippen LogP) is 4.09. The molecule has 0 aliphatic rings. The van der Waals surface area contributed by atoms with Gasteiger partial charge in [0.1, 0.15) is 17.5 Å². The van der Waals surface area contributed by atoms with E-state index in [-0.39, 0.29) is 11.7 Å². The third kappa shape index (κ3) is 2.86. The van der Waals surface area contributed by atoms with Crippen LogP contribution < -0.4 is 0 Å². The Bertz CT molecular complexity index is 420. The summed E-state index contributed by atoms with van der Waals surface area (Å²) in [6.45, 7) is 4.12. The predicted molar refractivity (Wildman–Crippen MR) is 69.3 cm³/mol. The SMILES string of the molecule is CC(C)CC(=O)C(c1ccco1)c1cccs1. The number of hydrogen-bond donors (Lipinski definition) is 0. The highest BCUT2D eigenvalue weighted by molar-refractivity contribution is 7.10. The Morgan fingerprint density at radius 3 is 2.71 bits per heavy atom. The number of carbonyl (C=O) groups excluding carboxylic acids is 1.